The summed E-state index contributed by atoms with van der Waals surface area (Å²) in [6, 6.07) is 24.8. The fourth-order valence-electron chi connectivity index (χ4n) is 4.27. The lowest BCUT2D eigenvalue weighted by Crippen LogP contribution is -2.49. The van der Waals surface area contributed by atoms with Crippen LogP contribution in [0.15, 0.2) is 82.6 Å². The summed E-state index contributed by atoms with van der Waals surface area (Å²) in [5.41, 5.74) is 3.49. The van der Waals surface area contributed by atoms with Gasteiger partial charge in [0.05, 0.1) is 11.4 Å². The normalized spacial score (nSPS) is 15.5. The van der Waals surface area contributed by atoms with Crippen molar-refractivity contribution in [3.05, 3.63) is 77.8 Å². The van der Waals surface area contributed by atoms with Gasteiger partial charge in [-0.2, -0.15) is 0 Å². The van der Waals surface area contributed by atoms with E-state index in [0.29, 0.717) is 13.0 Å². The topological polar surface area (TPSA) is 26.8 Å². The van der Waals surface area contributed by atoms with E-state index < -0.39 is 0 Å². The molecule has 0 saturated carbocycles. The summed E-state index contributed by atoms with van der Waals surface area (Å²) in [4.78, 5) is 22.1. The number of fused-ring (bicyclic) bond motifs is 2. The third kappa shape index (κ3) is 4.25. The second-order valence-corrected chi connectivity index (χ2v) is 9.31. The minimum atomic E-state index is 0.221. The van der Waals surface area contributed by atoms with Crippen molar-refractivity contribution in [1.82, 2.24) is 4.90 Å². The monoisotopic (exact) mass is 449 g/mol. The van der Waals surface area contributed by atoms with Gasteiger partial charge in [0.25, 0.3) is 0 Å². The van der Waals surface area contributed by atoms with Crippen LogP contribution in [0.5, 0.6) is 0 Å². The van der Waals surface area contributed by atoms with Crippen LogP contribution in [0.4, 0.5) is 17.1 Å². The van der Waals surface area contributed by atoms with Gasteiger partial charge >= 0.3 is 0 Å². The van der Waals surface area contributed by atoms with Crippen molar-refractivity contribution in [2.75, 3.05) is 42.5 Å². The molecule has 2 heterocycles. The third-order valence-corrected chi connectivity index (χ3v) is 7.25. The van der Waals surface area contributed by atoms with Crippen LogP contribution < -0.4 is 9.80 Å². The zero-order valence-electron chi connectivity index (χ0n) is 17.2. The van der Waals surface area contributed by atoms with Crippen LogP contribution in [0.2, 0.25) is 5.02 Å². The van der Waals surface area contributed by atoms with E-state index in [9.17, 15) is 4.79 Å². The molecule has 0 aliphatic carbocycles. The van der Waals surface area contributed by atoms with Crippen molar-refractivity contribution in [2.24, 2.45) is 0 Å². The largest absolute Gasteiger partial charge is 0.368 e. The Kier molecular flexibility index (Phi) is 5.79. The molecule has 0 bridgehead atoms. The van der Waals surface area contributed by atoms with Gasteiger partial charge in [-0.3, -0.25) is 4.79 Å². The summed E-state index contributed by atoms with van der Waals surface area (Å²) in [5, 5.41) is 0.747. The van der Waals surface area contributed by atoms with E-state index in [1.807, 2.05) is 23.1 Å². The number of carbonyl (C=O) groups is 1. The molecule has 0 atom stereocenters. The third-order valence-electron chi connectivity index (χ3n) is 5.89. The second-order valence-electron chi connectivity index (χ2n) is 7.79. The molecule has 5 rings (SSSR count). The molecule has 0 N–H and O–H groups in total. The SMILES string of the molecule is O=C(CCN1c2ccccc2Sc2ccccc21)N1CCN(c2cccc(Cl)c2)CC1. The van der Waals surface area contributed by atoms with Crippen LogP contribution in [0.1, 0.15) is 6.42 Å². The summed E-state index contributed by atoms with van der Waals surface area (Å²) in [5.74, 6) is 0.221. The highest BCUT2D eigenvalue weighted by molar-refractivity contribution is 7.99. The molecule has 6 heteroatoms. The maximum atomic E-state index is 13.0. The molecule has 1 saturated heterocycles. The van der Waals surface area contributed by atoms with Gasteiger partial charge in [-0.1, -0.05) is 53.7 Å². The van der Waals surface area contributed by atoms with Crippen molar-refractivity contribution in [2.45, 2.75) is 16.2 Å². The number of piperazine rings is 1. The molecule has 31 heavy (non-hydrogen) atoms. The van der Waals surface area contributed by atoms with Gasteiger partial charge in [0.1, 0.15) is 0 Å². The number of amides is 1. The Hall–Kier alpha value is -2.63. The van der Waals surface area contributed by atoms with E-state index in [4.69, 9.17) is 11.6 Å². The first-order chi connectivity index (χ1) is 15.2. The number of anilines is 3. The average Bonchev–Trinajstić information content (AvgIpc) is 2.81. The quantitative estimate of drug-likeness (QED) is 0.511. The lowest BCUT2D eigenvalue weighted by Gasteiger charge is -2.37. The summed E-state index contributed by atoms with van der Waals surface area (Å²) in [6.07, 6.45) is 0.504. The summed E-state index contributed by atoms with van der Waals surface area (Å²) < 4.78 is 0. The summed E-state index contributed by atoms with van der Waals surface area (Å²) in [7, 11) is 0. The fourth-order valence-corrected chi connectivity index (χ4v) is 5.55. The van der Waals surface area contributed by atoms with E-state index in [0.717, 1.165) is 36.9 Å². The number of nitrogens with zero attached hydrogens (tertiary/aromatic N) is 3. The maximum absolute atomic E-state index is 13.0. The Morgan fingerprint density at radius 3 is 2.13 bits per heavy atom. The van der Waals surface area contributed by atoms with Crippen molar-refractivity contribution in [1.29, 1.82) is 0 Å². The van der Waals surface area contributed by atoms with E-state index in [-0.39, 0.29) is 5.91 Å². The molecule has 3 aromatic carbocycles. The Labute approximate surface area is 192 Å². The zero-order valence-corrected chi connectivity index (χ0v) is 18.8. The first-order valence-electron chi connectivity index (χ1n) is 10.6. The average molecular weight is 450 g/mol. The van der Waals surface area contributed by atoms with E-state index in [1.54, 1.807) is 11.8 Å². The molecule has 1 amide bonds. The number of para-hydroxylation sites is 2. The predicted molar refractivity (Wildman–Crippen MR) is 129 cm³/mol. The molecular formula is C25H24ClN3OS. The minimum Gasteiger partial charge on any atom is -0.368 e. The number of benzene rings is 3. The molecule has 4 nitrogen and oxygen atoms in total. The van der Waals surface area contributed by atoms with Gasteiger partial charge in [-0.05, 0) is 42.5 Å². The van der Waals surface area contributed by atoms with Gasteiger partial charge in [-0.15, -0.1) is 0 Å². The highest BCUT2D eigenvalue weighted by atomic mass is 35.5. The molecule has 2 aliphatic heterocycles. The van der Waals surface area contributed by atoms with Crippen LogP contribution >= 0.6 is 23.4 Å². The highest BCUT2D eigenvalue weighted by Gasteiger charge is 2.25. The fraction of sp³-hybridized carbons (Fsp3) is 0.240. The summed E-state index contributed by atoms with van der Waals surface area (Å²) >= 11 is 7.93. The molecular weight excluding hydrogens is 426 g/mol. The highest BCUT2D eigenvalue weighted by Crippen LogP contribution is 2.47. The van der Waals surface area contributed by atoms with Crippen LogP contribution in [-0.2, 0) is 4.79 Å². The van der Waals surface area contributed by atoms with Crippen LogP contribution in [0.25, 0.3) is 0 Å². The smallest absolute Gasteiger partial charge is 0.224 e. The van der Waals surface area contributed by atoms with Crippen molar-refractivity contribution < 1.29 is 4.79 Å². The van der Waals surface area contributed by atoms with Crippen LogP contribution in [0, 0.1) is 0 Å². The van der Waals surface area contributed by atoms with Gasteiger partial charge < -0.3 is 14.7 Å². The maximum Gasteiger partial charge on any atom is 0.224 e. The molecule has 0 spiro atoms. The van der Waals surface area contributed by atoms with Gasteiger partial charge in [0.15, 0.2) is 0 Å². The van der Waals surface area contributed by atoms with Gasteiger partial charge in [-0.25, -0.2) is 0 Å². The summed E-state index contributed by atoms with van der Waals surface area (Å²) in [6.45, 7) is 3.83. The molecule has 1 fully saturated rings. The number of rotatable bonds is 4. The van der Waals surface area contributed by atoms with Gasteiger partial charge in [0.2, 0.25) is 5.91 Å². The molecule has 0 radical (unpaired) electrons. The Balaban J connectivity index is 1.24. The number of hydrogen-bond donors (Lipinski definition) is 0. The first kappa shape index (κ1) is 20.3. The van der Waals surface area contributed by atoms with Gasteiger partial charge in [0, 0.05) is 59.6 Å². The molecule has 0 aromatic heterocycles. The van der Waals surface area contributed by atoms with Crippen molar-refractivity contribution in [3.63, 3.8) is 0 Å². The number of carbonyl (C=O) groups excluding carboxylic acids is 1. The predicted octanol–water partition coefficient (Wildman–Crippen LogP) is 5.68. The standard InChI is InChI=1S/C25H24ClN3OS/c26-19-6-5-7-20(18-19)27-14-16-28(17-15-27)25(30)12-13-29-21-8-1-3-10-23(21)31-24-11-4-2-9-22(24)29/h1-11,18H,12-17H2. The Morgan fingerprint density at radius 1 is 0.839 bits per heavy atom. The van der Waals surface area contributed by atoms with E-state index >= 15 is 0 Å². The zero-order chi connectivity index (χ0) is 21.2. The number of hydrogen-bond acceptors (Lipinski definition) is 4. The number of halogens is 1. The van der Waals surface area contributed by atoms with Crippen molar-refractivity contribution >= 4 is 46.3 Å². The Bertz CT molecular complexity index is 1050. The minimum absolute atomic E-state index is 0.221. The lowest BCUT2D eigenvalue weighted by atomic mass is 10.2. The first-order valence-corrected chi connectivity index (χ1v) is 11.8. The van der Waals surface area contributed by atoms with E-state index in [1.165, 1.54) is 21.2 Å². The van der Waals surface area contributed by atoms with Crippen molar-refractivity contribution in [3.8, 4) is 0 Å². The second kappa shape index (κ2) is 8.85. The Morgan fingerprint density at radius 2 is 1.48 bits per heavy atom. The van der Waals surface area contributed by atoms with Crippen LogP contribution in [0.3, 0.4) is 0 Å². The molecule has 2 aliphatic rings. The lowest BCUT2D eigenvalue weighted by molar-refractivity contribution is -0.131. The molecule has 158 valence electrons. The van der Waals surface area contributed by atoms with Crippen LogP contribution in [-0.4, -0.2) is 43.5 Å². The van der Waals surface area contributed by atoms with E-state index in [2.05, 4.69) is 64.4 Å². The molecule has 0 unspecified atom stereocenters. The molecule has 3 aromatic rings.